The van der Waals surface area contributed by atoms with Gasteiger partial charge < -0.3 is 19.5 Å². The second-order valence-electron chi connectivity index (χ2n) is 9.02. The van der Waals surface area contributed by atoms with Gasteiger partial charge >= 0.3 is 0 Å². The van der Waals surface area contributed by atoms with Crippen molar-refractivity contribution >= 4 is 16.9 Å². The molecule has 0 unspecified atom stereocenters. The summed E-state index contributed by atoms with van der Waals surface area (Å²) in [5.74, 6) is 0.881. The lowest BCUT2D eigenvalue weighted by Crippen LogP contribution is -2.41. The number of halogens is 1. The van der Waals surface area contributed by atoms with Gasteiger partial charge in [0.1, 0.15) is 11.5 Å². The van der Waals surface area contributed by atoms with Gasteiger partial charge in [0.2, 0.25) is 0 Å². The van der Waals surface area contributed by atoms with Gasteiger partial charge in [-0.3, -0.25) is 0 Å². The number of benzene rings is 1. The zero-order chi connectivity index (χ0) is 22.1. The van der Waals surface area contributed by atoms with Crippen LogP contribution in [0, 0.1) is 11.3 Å². The number of fused-ring (bicyclic) bond motifs is 1. The molecule has 3 aromatic rings. The van der Waals surface area contributed by atoms with Crippen LogP contribution in [0.5, 0.6) is 0 Å². The lowest BCUT2D eigenvalue weighted by Gasteiger charge is -2.36. The Kier molecular flexibility index (Phi) is 5.58. The minimum absolute atomic E-state index is 0.127. The summed E-state index contributed by atoms with van der Waals surface area (Å²) in [5.41, 5.74) is 3.50. The molecule has 0 bridgehead atoms. The fraction of sp³-hybridized carbons (Fsp3) is 0.440. The van der Waals surface area contributed by atoms with Gasteiger partial charge in [-0.1, -0.05) is 12.1 Å². The van der Waals surface area contributed by atoms with Gasteiger partial charge in [0.05, 0.1) is 41.9 Å². The molecule has 0 amide bonds. The first-order valence-electron chi connectivity index (χ1n) is 11.3. The van der Waals surface area contributed by atoms with E-state index in [1.54, 1.807) is 6.92 Å². The van der Waals surface area contributed by atoms with Gasteiger partial charge in [0.15, 0.2) is 0 Å². The highest BCUT2D eigenvalue weighted by molar-refractivity contribution is 5.88. The number of morpholine rings is 1. The van der Waals surface area contributed by atoms with Crippen LogP contribution < -0.4 is 10.2 Å². The summed E-state index contributed by atoms with van der Waals surface area (Å²) in [6.45, 7) is 6.17. The van der Waals surface area contributed by atoms with Gasteiger partial charge in [0, 0.05) is 37.9 Å². The van der Waals surface area contributed by atoms with Crippen LogP contribution in [0.25, 0.3) is 22.2 Å². The molecule has 4 heterocycles. The Labute approximate surface area is 187 Å². The Morgan fingerprint density at radius 1 is 1.25 bits per heavy atom. The first-order chi connectivity index (χ1) is 15.5. The van der Waals surface area contributed by atoms with Gasteiger partial charge in [0.25, 0.3) is 0 Å². The average molecular weight is 434 g/mol. The second-order valence-corrected chi connectivity index (χ2v) is 9.02. The fourth-order valence-corrected chi connectivity index (χ4v) is 4.58. The number of nitrogens with one attached hydrogen (secondary N) is 1. The van der Waals surface area contributed by atoms with Crippen molar-refractivity contribution in [3.05, 3.63) is 48.2 Å². The van der Waals surface area contributed by atoms with Gasteiger partial charge in [-0.15, -0.1) is 0 Å². The summed E-state index contributed by atoms with van der Waals surface area (Å²) in [7, 11) is 0. The van der Waals surface area contributed by atoms with Crippen molar-refractivity contribution in [1.82, 2.24) is 14.9 Å². The molecule has 2 aromatic heterocycles. The molecule has 7 heteroatoms. The molecule has 166 valence electrons. The molecular formula is C25H28FN5O. The number of aromatic nitrogens is 2. The zero-order valence-corrected chi connectivity index (χ0v) is 18.4. The molecule has 0 radical (unpaired) electrons. The molecule has 1 N–H and O–H groups in total. The summed E-state index contributed by atoms with van der Waals surface area (Å²) >= 11 is 0. The topological polar surface area (TPSA) is 66.1 Å². The largest absolute Gasteiger partial charge is 0.374 e. The molecule has 0 spiro atoms. The van der Waals surface area contributed by atoms with Crippen molar-refractivity contribution in [2.75, 3.05) is 37.7 Å². The second kappa shape index (κ2) is 8.53. The number of pyridine rings is 1. The highest BCUT2D eigenvalue weighted by Gasteiger charge is 2.31. The van der Waals surface area contributed by atoms with E-state index in [-0.39, 0.29) is 6.10 Å². The molecular weight excluding hydrogens is 405 g/mol. The van der Waals surface area contributed by atoms with E-state index in [9.17, 15) is 9.65 Å². The van der Waals surface area contributed by atoms with Gasteiger partial charge in [-0.2, -0.15) is 5.26 Å². The van der Waals surface area contributed by atoms with Crippen molar-refractivity contribution in [1.29, 1.82) is 5.26 Å². The summed E-state index contributed by atoms with van der Waals surface area (Å²) < 4.78 is 22.5. The van der Waals surface area contributed by atoms with Crippen LogP contribution in [0.3, 0.4) is 0 Å². The lowest BCUT2D eigenvalue weighted by atomic mass is 9.95. The third kappa shape index (κ3) is 4.21. The van der Waals surface area contributed by atoms with Crippen LogP contribution >= 0.6 is 0 Å². The minimum Gasteiger partial charge on any atom is -0.374 e. The number of piperidine rings is 1. The predicted octanol–water partition coefficient (Wildman–Crippen LogP) is 3.89. The van der Waals surface area contributed by atoms with Crippen molar-refractivity contribution in [3.8, 4) is 17.2 Å². The molecule has 1 atom stereocenters. The summed E-state index contributed by atoms with van der Waals surface area (Å²) in [6, 6.07) is 14.0. The lowest BCUT2D eigenvalue weighted by molar-refractivity contribution is 0.0189. The van der Waals surface area contributed by atoms with E-state index in [4.69, 9.17) is 9.72 Å². The monoisotopic (exact) mass is 433 g/mol. The summed E-state index contributed by atoms with van der Waals surface area (Å²) in [5, 5.41) is 12.6. The van der Waals surface area contributed by atoms with Crippen LogP contribution in [0.1, 0.15) is 25.3 Å². The fourth-order valence-electron chi connectivity index (χ4n) is 4.58. The number of hydrogen-bond acceptors (Lipinski definition) is 5. The number of ether oxygens (including phenoxy) is 1. The number of rotatable bonds is 4. The maximum atomic E-state index is 14.4. The molecule has 5 rings (SSSR count). The SMILES string of the molecule is CC1(F)CCN(c2nc3ccn(C[C@@H]4CNCCO4)c3cc2-c2ccc(C#N)cc2)CC1. The molecule has 1 aromatic carbocycles. The van der Waals surface area contributed by atoms with E-state index < -0.39 is 5.67 Å². The van der Waals surface area contributed by atoms with Gasteiger partial charge in [-0.05, 0) is 49.6 Å². The third-order valence-electron chi connectivity index (χ3n) is 6.57. The maximum Gasteiger partial charge on any atom is 0.137 e. The molecule has 2 aliphatic rings. The van der Waals surface area contributed by atoms with Crippen LogP contribution in [0.4, 0.5) is 10.2 Å². The number of hydrogen-bond donors (Lipinski definition) is 1. The first kappa shape index (κ1) is 20.9. The third-order valence-corrected chi connectivity index (χ3v) is 6.57. The molecule has 2 saturated heterocycles. The Balaban J connectivity index is 1.55. The Morgan fingerprint density at radius 3 is 2.72 bits per heavy atom. The summed E-state index contributed by atoms with van der Waals surface area (Å²) in [4.78, 5) is 7.23. The van der Waals surface area contributed by atoms with E-state index in [0.29, 0.717) is 31.5 Å². The molecule has 6 nitrogen and oxygen atoms in total. The molecule has 32 heavy (non-hydrogen) atoms. The average Bonchev–Trinajstić information content (AvgIpc) is 3.20. The smallest absolute Gasteiger partial charge is 0.137 e. The highest BCUT2D eigenvalue weighted by atomic mass is 19.1. The van der Waals surface area contributed by atoms with Crippen molar-refractivity contribution in [3.63, 3.8) is 0 Å². The van der Waals surface area contributed by atoms with Crippen molar-refractivity contribution in [2.24, 2.45) is 0 Å². The van der Waals surface area contributed by atoms with E-state index in [1.807, 2.05) is 30.3 Å². The van der Waals surface area contributed by atoms with Crippen LogP contribution in [-0.2, 0) is 11.3 Å². The minimum atomic E-state index is -1.12. The molecule has 2 fully saturated rings. The molecule has 2 aliphatic heterocycles. The quantitative estimate of drug-likeness (QED) is 0.676. The van der Waals surface area contributed by atoms with Crippen LogP contribution in [0.2, 0.25) is 0 Å². The summed E-state index contributed by atoms with van der Waals surface area (Å²) in [6.07, 6.45) is 3.18. The first-order valence-corrected chi connectivity index (χ1v) is 11.3. The highest BCUT2D eigenvalue weighted by Crippen LogP contribution is 2.36. The maximum absolute atomic E-state index is 14.4. The standard InChI is InChI=1S/C25H28FN5O/c1-25(26)7-11-30(12-8-25)24-21(19-4-2-18(15-27)3-5-19)14-23-22(29-24)6-10-31(23)17-20-16-28-9-13-32-20/h2-6,10,14,20,28H,7-9,11-13,16-17H2,1H3/t20-/m0/s1. The predicted molar refractivity (Wildman–Crippen MR) is 123 cm³/mol. The van der Waals surface area contributed by atoms with E-state index in [0.717, 1.165) is 54.2 Å². The van der Waals surface area contributed by atoms with Crippen molar-refractivity contribution in [2.45, 2.75) is 38.1 Å². The number of nitriles is 1. The Morgan fingerprint density at radius 2 is 2.03 bits per heavy atom. The number of alkyl halides is 1. The van der Waals surface area contributed by atoms with E-state index >= 15 is 0 Å². The molecule has 0 saturated carbocycles. The Bertz CT molecular complexity index is 1130. The van der Waals surface area contributed by atoms with E-state index in [2.05, 4.69) is 33.1 Å². The zero-order valence-electron chi connectivity index (χ0n) is 18.4. The molecule has 0 aliphatic carbocycles. The van der Waals surface area contributed by atoms with E-state index in [1.165, 1.54) is 0 Å². The number of anilines is 1. The number of nitrogens with zero attached hydrogens (tertiary/aromatic N) is 4. The normalized spacial score (nSPS) is 20.9. The van der Waals surface area contributed by atoms with Crippen LogP contribution in [-0.4, -0.2) is 54.1 Å². The van der Waals surface area contributed by atoms with Gasteiger partial charge in [-0.25, -0.2) is 9.37 Å². The Hall–Kier alpha value is -2.95. The van der Waals surface area contributed by atoms with Crippen LogP contribution in [0.15, 0.2) is 42.6 Å². The van der Waals surface area contributed by atoms with Crippen molar-refractivity contribution < 1.29 is 9.13 Å².